The Hall–Kier alpha value is -0.650. The van der Waals surface area contributed by atoms with Crippen molar-refractivity contribution in [2.24, 2.45) is 0 Å². The average molecular weight is 370 g/mol. The predicted molar refractivity (Wildman–Crippen MR) is 98.0 cm³/mol. The van der Waals surface area contributed by atoms with Crippen LogP contribution in [0, 0.1) is 6.92 Å². The molecule has 2 rings (SSSR count). The van der Waals surface area contributed by atoms with Gasteiger partial charge in [0.25, 0.3) is 0 Å². The van der Waals surface area contributed by atoms with E-state index in [1.807, 2.05) is 6.07 Å². The second-order valence-electron chi connectivity index (χ2n) is 5.70. The summed E-state index contributed by atoms with van der Waals surface area (Å²) in [6, 6.07) is 6.63. The Labute approximate surface area is 141 Å². The number of nitrogens with zero attached hydrogens (tertiary/aromatic N) is 1. The van der Waals surface area contributed by atoms with Crippen LogP contribution in [0.15, 0.2) is 22.7 Å². The summed E-state index contributed by atoms with van der Waals surface area (Å²) in [6.07, 6.45) is 3.66. The van der Waals surface area contributed by atoms with Gasteiger partial charge in [0, 0.05) is 22.7 Å². The average Bonchev–Trinajstić information content (AvgIpc) is 2.43. The fourth-order valence-corrected chi connectivity index (χ4v) is 3.56. The van der Waals surface area contributed by atoms with E-state index in [0.717, 1.165) is 21.8 Å². The van der Waals surface area contributed by atoms with E-state index in [-0.39, 0.29) is 0 Å². The number of rotatable bonds is 4. The van der Waals surface area contributed by atoms with Gasteiger partial charge in [-0.15, -0.1) is 0 Å². The molecule has 1 aliphatic rings. The van der Waals surface area contributed by atoms with Crippen molar-refractivity contribution < 1.29 is 0 Å². The molecule has 3 nitrogen and oxygen atoms in total. The zero-order valence-electron chi connectivity index (χ0n) is 12.8. The van der Waals surface area contributed by atoms with E-state index in [4.69, 9.17) is 12.2 Å². The quantitative estimate of drug-likeness (QED) is 0.786. The van der Waals surface area contributed by atoms with Crippen LogP contribution in [0.2, 0.25) is 0 Å². The third kappa shape index (κ3) is 5.24. The number of thiocarbonyl (C=S) groups is 1. The number of likely N-dealkylation sites (tertiary alicyclic amines) is 1. The number of halogens is 1. The van der Waals surface area contributed by atoms with Crippen molar-refractivity contribution in [2.45, 2.75) is 39.2 Å². The zero-order valence-corrected chi connectivity index (χ0v) is 15.2. The van der Waals surface area contributed by atoms with E-state index in [0.29, 0.717) is 6.04 Å². The molecule has 0 saturated carbocycles. The van der Waals surface area contributed by atoms with Gasteiger partial charge < -0.3 is 15.5 Å². The number of anilines is 1. The van der Waals surface area contributed by atoms with Gasteiger partial charge in [0.15, 0.2) is 5.11 Å². The molecule has 116 valence electrons. The van der Waals surface area contributed by atoms with Crippen molar-refractivity contribution in [3.63, 3.8) is 0 Å². The van der Waals surface area contributed by atoms with Crippen LogP contribution in [0.4, 0.5) is 5.69 Å². The molecule has 2 N–H and O–H groups in total. The van der Waals surface area contributed by atoms with Gasteiger partial charge in [0.05, 0.1) is 0 Å². The Morgan fingerprint density at radius 1 is 1.48 bits per heavy atom. The summed E-state index contributed by atoms with van der Waals surface area (Å²) in [5.41, 5.74) is 2.25. The highest BCUT2D eigenvalue weighted by molar-refractivity contribution is 9.10. The van der Waals surface area contributed by atoms with Crippen LogP contribution >= 0.6 is 28.1 Å². The van der Waals surface area contributed by atoms with Crippen LogP contribution in [-0.2, 0) is 0 Å². The molecular formula is C16H24BrN3S. The molecule has 1 aromatic carbocycles. The summed E-state index contributed by atoms with van der Waals surface area (Å²) in [7, 11) is 0. The van der Waals surface area contributed by atoms with Gasteiger partial charge in [-0.25, -0.2) is 0 Å². The molecule has 0 aliphatic carbocycles. The Bertz CT molecular complexity index is 490. The van der Waals surface area contributed by atoms with E-state index in [1.54, 1.807) is 0 Å². The minimum atomic E-state index is 0.459. The molecule has 5 heteroatoms. The van der Waals surface area contributed by atoms with Crippen molar-refractivity contribution in [1.29, 1.82) is 0 Å². The van der Waals surface area contributed by atoms with Gasteiger partial charge in [0.2, 0.25) is 0 Å². The molecule has 1 aliphatic heterocycles. The van der Waals surface area contributed by atoms with Gasteiger partial charge in [-0.2, -0.15) is 0 Å². The van der Waals surface area contributed by atoms with Crippen LogP contribution in [0.25, 0.3) is 0 Å². The van der Waals surface area contributed by atoms with Crippen LogP contribution in [-0.4, -0.2) is 35.7 Å². The second-order valence-corrected chi connectivity index (χ2v) is 7.02. The molecule has 1 fully saturated rings. The highest BCUT2D eigenvalue weighted by Gasteiger charge is 2.19. The Balaban J connectivity index is 1.86. The molecule has 0 amide bonds. The predicted octanol–water partition coefficient (Wildman–Crippen LogP) is 3.92. The zero-order chi connectivity index (χ0) is 15.2. The third-order valence-electron chi connectivity index (χ3n) is 3.82. The number of hydrogen-bond acceptors (Lipinski definition) is 2. The van der Waals surface area contributed by atoms with Crippen molar-refractivity contribution in [2.75, 3.05) is 25.0 Å². The largest absolute Gasteiger partial charge is 0.358 e. The first-order valence-electron chi connectivity index (χ1n) is 7.64. The fourth-order valence-electron chi connectivity index (χ4n) is 2.80. The number of benzene rings is 1. The number of nitrogens with one attached hydrogen (secondary N) is 2. The second kappa shape index (κ2) is 8.11. The molecule has 1 aromatic rings. The minimum Gasteiger partial charge on any atom is -0.358 e. The van der Waals surface area contributed by atoms with Crippen molar-refractivity contribution in [1.82, 2.24) is 10.2 Å². The van der Waals surface area contributed by atoms with Gasteiger partial charge >= 0.3 is 0 Å². The molecule has 1 heterocycles. The van der Waals surface area contributed by atoms with Crippen LogP contribution < -0.4 is 10.6 Å². The first kappa shape index (κ1) is 16.7. The van der Waals surface area contributed by atoms with Crippen molar-refractivity contribution >= 4 is 38.9 Å². The van der Waals surface area contributed by atoms with Crippen LogP contribution in [0.3, 0.4) is 0 Å². The third-order valence-corrected chi connectivity index (χ3v) is 4.53. The SMILES string of the molecule is CCCN1CCC[C@H](NC(=S)Nc2ccc(Br)cc2C)C1. The smallest absolute Gasteiger partial charge is 0.171 e. The lowest BCUT2D eigenvalue weighted by Gasteiger charge is -2.33. The highest BCUT2D eigenvalue weighted by Crippen LogP contribution is 2.20. The maximum atomic E-state index is 5.46. The lowest BCUT2D eigenvalue weighted by Crippen LogP contribution is -2.48. The lowest BCUT2D eigenvalue weighted by molar-refractivity contribution is 0.201. The van der Waals surface area contributed by atoms with E-state index in [2.05, 4.69) is 57.4 Å². The highest BCUT2D eigenvalue weighted by atomic mass is 79.9. The normalized spacial score (nSPS) is 19.3. The molecule has 0 spiro atoms. The summed E-state index contributed by atoms with van der Waals surface area (Å²) >= 11 is 8.94. The van der Waals surface area contributed by atoms with Gasteiger partial charge in [-0.05, 0) is 75.3 Å². The van der Waals surface area contributed by atoms with E-state index < -0.39 is 0 Å². The van der Waals surface area contributed by atoms with E-state index in [9.17, 15) is 0 Å². The molecule has 1 saturated heterocycles. The minimum absolute atomic E-state index is 0.459. The van der Waals surface area contributed by atoms with E-state index >= 15 is 0 Å². The fraction of sp³-hybridized carbons (Fsp3) is 0.562. The van der Waals surface area contributed by atoms with Gasteiger partial charge in [-0.1, -0.05) is 22.9 Å². The number of aryl methyl sites for hydroxylation is 1. The molecule has 1 atom stereocenters. The molecule has 0 radical (unpaired) electrons. The summed E-state index contributed by atoms with van der Waals surface area (Å²) in [4.78, 5) is 2.52. The molecular weight excluding hydrogens is 346 g/mol. The van der Waals surface area contributed by atoms with Crippen molar-refractivity contribution in [3.8, 4) is 0 Å². The Morgan fingerprint density at radius 3 is 3.00 bits per heavy atom. The summed E-state index contributed by atoms with van der Waals surface area (Å²) in [5, 5.41) is 7.50. The van der Waals surface area contributed by atoms with E-state index in [1.165, 1.54) is 37.9 Å². The molecule has 0 aromatic heterocycles. The van der Waals surface area contributed by atoms with Crippen molar-refractivity contribution in [3.05, 3.63) is 28.2 Å². The van der Waals surface area contributed by atoms with Gasteiger partial charge in [-0.3, -0.25) is 0 Å². The van der Waals surface area contributed by atoms with Crippen LogP contribution in [0.5, 0.6) is 0 Å². The van der Waals surface area contributed by atoms with Gasteiger partial charge in [0.1, 0.15) is 0 Å². The first-order valence-corrected chi connectivity index (χ1v) is 8.84. The summed E-state index contributed by atoms with van der Waals surface area (Å²) in [6.45, 7) is 7.82. The first-order chi connectivity index (χ1) is 10.1. The topological polar surface area (TPSA) is 27.3 Å². The molecule has 21 heavy (non-hydrogen) atoms. The molecule has 0 bridgehead atoms. The summed E-state index contributed by atoms with van der Waals surface area (Å²) in [5.74, 6) is 0. The maximum Gasteiger partial charge on any atom is 0.171 e. The monoisotopic (exact) mass is 369 g/mol. The standard InChI is InChI=1S/C16H24BrN3S/c1-3-8-20-9-4-5-14(11-20)18-16(21)19-15-7-6-13(17)10-12(15)2/h6-7,10,14H,3-5,8-9,11H2,1-2H3,(H2,18,19,21)/t14-/m0/s1. The summed E-state index contributed by atoms with van der Waals surface area (Å²) < 4.78 is 1.09. The molecule has 0 unspecified atom stereocenters. The number of hydrogen-bond donors (Lipinski definition) is 2. The Kier molecular flexibility index (Phi) is 6.45. The lowest BCUT2D eigenvalue weighted by atomic mass is 10.1. The van der Waals surface area contributed by atoms with Crippen LogP contribution in [0.1, 0.15) is 31.7 Å². The number of piperidine rings is 1. The maximum absolute atomic E-state index is 5.46. The Morgan fingerprint density at radius 2 is 2.29 bits per heavy atom.